The Bertz CT molecular complexity index is 775. The summed E-state index contributed by atoms with van der Waals surface area (Å²) in [6.07, 6.45) is 2.16. The summed E-state index contributed by atoms with van der Waals surface area (Å²) in [7, 11) is 2.14. The first-order valence-corrected chi connectivity index (χ1v) is 9.76. The summed E-state index contributed by atoms with van der Waals surface area (Å²) in [6, 6.07) is 15.4. The number of nitrogens with zero attached hydrogens (tertiary/aromatic N) is 1. The van der Waals surface area contributed by atoms with Crippen LogP contribution in [-0.2, 0) is 11.3 Å². The van der Waals surface area contributed by atoms with Gasteiger partial charge in [-0.15, -0.1) is 0 Å². The van der Waals surface area contributed by atoms with E-state index >= 15 is 0 Å². The van der Waals surface area contributed by atoms with Gasteiger partial charge >= 0.3 is 0 Å². The van der Waals surface area contributed by atoms with E-state index in [1.165, 1.54) is 0 Å². The van der Waals surface area contributed by atoms with Gasteiger partial charge < -0.3 is 20.5 Å². The maximum absolute atomic E-state index is 12.3. The first-order chi connectivity index (χ1) is 13.6. The van der Waals surface area contributed by atoms with Crippen LogP contribution in [0.3, 0.4) is 0 Å². The predicted octanol–water partition coefficient (Wildman–Crippen LogP) is 2.69. The predicted molar refractivity (Wildman–Crippen MR) is 110 cm³/mol. The summed E-state index contributed by atoms with van der Waals surface area (Å²) < 4.78 is 11.3. The number of ether oxygens (including phenoxy) is 2. The monoisotopic (exact) mass is 383 g/mol. The molecule has 0 bridgehead atoms. The molecule has 3 rings (SSSR count). The van der Waals surface area contributed by atoms with Gasteiger partial charge in [-0.2, -0.15) is 0 Å². The third-order valence-electron chi connectivity index (χ3n) is 5.08. The number of likely N-dealkylation sites (N-methyl/N-ethyl adjacent to an activating group) is 1. The van der Waals surface area contributed by atoms with Gasteiger partial charge in [0.15, 0.2) is 0 Å². The fourth-order valence-corrected chi connectivity index (χ4v) is 3.34. The minimum absolute atomic E-state index is 0.178. The molecule has 6 heteroatoms. The zero-order chi connectivity index (χ0) is 19.8. The molecule has 1 aliphatic heterocycles. The third-order valence-corrected chi connectivity index (χ3v) is 5.08. The summed E-state index contributed by atoms with van der Waals surface area (Å²) in [4.78, 5) is 14.6. The number of carbonyl (C=O) groups excluding carboxylic acids is 1. The highest BCUT2D eigenvalue weighted by Crippen LogP contribution is 2.16. The molecule has 2 aromatic carbocycles. The van der Waals surface area contributed by atoms with E-state index in [0.29, 0.717) is 30.4 Å². The summed E-state index contributed by atoms with van der Waals surface area (Å²) in [5.41, 5.74) is 7.81. The number of benzene rings is 2. The summed E-state index contributed by atoms with van der Waals surface area (Å²) in [5.74, 6) is 0.633. The highest BCUT2D eigenvalue weighted by Gasteiger charge is 2.18. The number of amides is 1. The van der Waals surface area contributed by atoms with Crippen LogP contribution in [0.5, 0.6) is 5.75 Å². The Morgan fingerprint density at radius 2 is 2.00 bits per heavy atom. The van der Waals surface area contributed by atoms with Crippen molar-refractivity contribution in [3.63, 3.8) is 0 Å². The number of rotatable bonds is 8. The smallest absolute Gasteiger partial charge is 0.253 e. The van der Waals surface area contributed by atoms with E-state index in [0.717, 1.165) is 43.9 Å². The van der Waals surface area contributed by atoms with Crippen molar-refractivity contribution in [1.82, 2.24) is 10.2 Å². The molecule has 0 atom stereocenters. The zero-order valence-electron chi connectivity index (χ0n) is 16.4. The maximum atomic E-state index is 12.3. The lowest BCUT2D eigenvalue weighted by Crippen LogP contribution is -2.38. The van der Waals surface area contributed by atoms with Crippen LogP contribution in [0.1, 0.15) is 28.8 Å². The van der Waals surface area contributed by atoms with E-state index in [2.05, 4.69) is 17.3 Å². The van der Waals surface area contributed by atoms with E-state index in [1.54, 1.807) is 18.2 Å². The van der Waals surface area contributed by atoms with Crippen molar-refractivity contribution < 1.29 is 14.3 Å². The summed E-state index contributed by atoms with van der Waals surface area (Å²) in [5, 5.41) is 2.91. The molecule has 0 aromatic heterocycles. The molecule has 150 valence electrons. The number of nitrogen functional groups attached to an aromatic ring is 1. The average Bonchev–Trinajstić information content (AvgIpc) is 2.73. The van der Waals surface area contributed by atoms with Gasteiger partial charge in [0.25, 0.3) is 5.91 Å². The summed E-state index contributed by atoms with van der Waals surface area (Å²) in [6.45, 7) is 3.62. The lowest BCUT2D eigenvalue weighted by Gasteiger charge is -2.31. The second kappa shape index (κ2) is 10.1. The average molecular weight is 383 g/mol. The molecule has 6 nitrogen and oxygen atoms in total. The number of hydrogen-bond acceptors (Lipinski definition) is 5. The largest absolute Gasteiger partial charge is 0.492 e. The highest BCUT2D eigenvalue weighted by molar-refractivity contribution is 5.98. The van der Waals surface area contributed by atoms with Crippen molar-refractivity contribution in [3.05, 3.63) is 59.7 Å². The van der Waals surface area contributed by atoms with Gasteiger partial charge in [-0.25, -0.2) is 0 Å². The molecule has 0 saturated carbocycles. The van der Waals surface area contributed by atoms with Crippen molar-refractivity contribution >= 4 is 11.6 Å². The van der Waals surface area contributed by atoms with Gasteiger partial charge in [0.1, 0.15) is 12.4 Å². The van der Waals surface area contributed by atoms with Crippen molar-refractivity contribution in [2.24, 2.45) is 0 Å². The molecule has 1 saturated heterocycles. The van der Waals surface area contributed by atoms with Gasteiger partial charge in [-0.3, -0.25) is 9.69 Å². The summed E-state index contributed by atoms with van der Waals surface area (Å²) >= 11 is 0. The third kappa shape index (κ3) is 5.71. The molecule has 1 heterocycles. The van der Waals surface area contributed by atoms with Crippen molar-refractivity contribution in [2.45, 2.75) is 25.4 Å². The number of para-hydroxylation sites is 1. The Balaban J connectivity index is 1.46. The van der Waals surface area contributed by atoms with Crippen LogP contribution in [0.15, 0.2) is 48.5 Å². The molecule has 1 aliphatic rings. The Morgan fingerprint density at radius 3 is 2.79 bits per heavy atom. The van der Waals surface area contributed by atoms with Crippen LogP contribution in [0.25, 0.3) is 0 Å². The quantitative estimate of drug-likeness (QED) is 0.686. The Labute approximate surface area is 166 Å². The lowest BCUT2D eigenvalue weighted by molar-refractivity contribution is 0.0392. The number of nitrogens with two attached hydrogens (primary N) is 1. The standard InChI is InChI=1S/C22H29N3O3/c1-25(18-9-12-27-13-10-18)11-14-28-19-6-4-5-17(15-19)16-24-22(26)20-7-2-3-8-21(20)23/h2-8,15,18H,9-14,16,23H2,1H3,(H,24,26). The minimum Gasteiger partial charge on any atom is -0.492 e. The molecule has 1 fully saturated rings. The van der Waals surface area contributed by atoms with Crippen LogP contribution in [0, 0.1) is 0 Å². The topological polar surface area (TPSA) is 76.8 Å². The zero-order valence-corrected chi connectivity index (χ0v) is 16.4. The van der Waals surface area contributed by atoms with E-state index in [-0.39, 0.29) is 5.91 Å². The molecule has 3 N–H and O–H groups in total. The van der Waals surface area contributed by atoms with Crippen molar-refractivity contribution in [3.8, 4) is 5.75 Å². The molecule has 0 unspecified atom stereocenters. The minimum atomic E-state index is -0.178. The second-order valence-electron chi connectivity index (χ2n) is 7.09. The Hall–Kier alpha value is -2.57. The number of nitrogens with one attached hydrogen (secondary N) is 1. The fraction of sp³-hybridized carbons (Fsp3) is 0.409. The number of carbonyl (C=O) groups is 1. The molecular weight excluding hydrogens is 354 g/mol. The van der Waals surface area contributed by atoms with Crippen LogP contribution >= 0.6 is 0 Å². The second-order valence-corrected chi connectivity index (χ2v) is 7.09. The normalized spacial score (nSPS) is 14.8. The van der Waals surface area contributed by atoms with Crippen molar-refractivity contribution in [2.75, 3.05) is 39.1 Å². The van der Waals surface area contributed by atoms with Gasteiger partial charge in [0.05, 0.1) is 5.56 Å². The first kappa shape index (κ1) is 20.2. The van der Waals surface area contributed by atoms with E-state index in [4.69, 9.17) is 15.2 Å². The molecule has 0 radical (unpaired) electrons. The molecule has 0 spiro atoms. The maximum Gasteiger partial charge on any atom is 0.253 e. The first-order valence-electron chi connectivity index (χ1n) is 9.76. The molecule has 0 aliphatic carbocycles. The Kier molecular flexibility index (Phi) is 7.28. The molecule has 1 amide bonds. The molecular formula is C22H29N3O3. The van der Waals surface area contributed by atoms with E-state index in [1.807, 2.05) is 30.3 Å². The van der Waals surface area contributed by atoms with Gasteiger partial charge in [-0.05, 0) is 49.7 Å². The van der Waals surface area contributed by atoms with E-state index in [9.17, 15) is 4.79 Å². The number of anilines is 1. The number of hydrogen-bond donors (Lipinski definition) is 2. The van der Waals surface area contributed by atoms with E-state index < -0.39 is 0 Å². The van der Waals surface area contributed by atoms with Crippen LogP contribution in [0.2, 0.25) is 0 Å². The molecule has 2 aromatic rings. The van der Waals surface area contributed by atoms with Crippen molar-refractivity contribution in [1.29, 1.82) is 0 Å². The van der Waals surface area contributed by atoms with Gasteiger partial charge in [0, 0.05) is 38.0 Å². The fourth-order valence-electron chi connectivity index (χ4n) is 3.34. The van der Waals surface area contributed by atoms with Gasteiger partial charge in [-0.1, -0.05) is 24.3 Å². The SMILES string of the molecule is CN(CCOc1cccc(CNC(=O)c2ccccc2N)c1)C1CCOCC1. The lowest BCUT2D eigenvalue weighted by atomic mass is 10.1. The molecule has 28 heavy (non-hydrogen) atoms. The van der Waals surface area contributed by atoms with Crippen LogP contribution in [0.4, 0.5) is 5.69 Å². The van der Waals surface area contributed by atoms with Gasteiger partial charge in [0.2, 0.25) is 0 Å². The Morgan fingerprint density at radius 1 is 1.21 bits per heavy atom. The van der Waals surface area contributed by atoms with Crippen LogP contribution < -0.4 is 15.8 Å². The highest BCUT2D eigenvalue weighted by atomic mass is 16.5. The van der Waals surface area contributed by atoms with Crippen LogP contribution in [-0.4, -0.2) is 50.3 Å².